The number of thiocarbonyl (C=S) groups is 1. The summed E-state index contributed by atoms with van der Waals surface area (Å²) in [4.78, 5) is 24.3. The van der Waals surface area contributed by atoms with Gasteiger partial charge < -0.3 is 10.2 Å². The largest absolute Gasteiger partial charge is 0.480 e. The molecule has 2 N–H and O–H groups in total. The Morgan fingerprint density at radius 2 is 2.05 bits per heavy atom. The number of aliphatic hydroxyl groups is 1. The van der Waals surface area contributed by atoms with E-state index in [1.54, 1.807) is 0 Å². The molecule has 5 nitrogen and oxygen atoms in total. The number of halogens is 1. The van der Waals surface area contributed by atoms with E-state index in [-0.39, 0.29) is 9.23 Å². The fourth-order valence-electron chi connectivity index (χ4n) is 1.73. The lowest BCUT2D eigenvalue weighted by Gasteiger charge is -2.20. The van der Waals surface area contributed by atoms with Crippen LogP contribution in [0.5, 0.6) is 0 Å². The quantitative estimate of drug-likeness (QED) is 0.644. The van der Waals surface area contributed by atoms with E-state index in [1.165, 1.54) is 30.3 Å². The minimum Gasteiger partial charge on any atom is -0.480 e. The highest BCUT2D eigenvalue weighted by atomic mass is 32.2. The smallest absolute Gasteiger partial charge is 0.329 e. The zero-order chi connectivity index (χ0) is 15.6. The maximum absolute atomic E-state index is 12.8. The molecule has 2 rings (SSSR count). The second-order valence-electron chi connectivity index (χ2n) is 4.14. The Labute approximate surface area is 129 Å². The lowest BCUT2D eigenvalue weighted by atomic mass is 10.2. The van der Waals surface area contributed by atoms with Gasteiger partial charge in [-0.05, 0) is 23.8 Å². The van der Waals surface area contributed by atoms with Gasteiger partial charge in [-0.1, -0.05) is 36.1 Å². The van der Waals surface area contributed by atoms with Crippen molar-refractivity contribution in [2.24, 2.45) is 0 Å². The monoisotopic (exact) mass is 327 g/mol. The van der Waals surface area contributed by atoms with Gasteiger partial charge in [0.25, 0.3) is 5.91 Å². The minimum absolute atomic E-state index is 0.0646. The summed E-state index contributed by atoms with van der Waals surface area (Å²) in [5.41, 5.74) is 0.591. The van der Waals surface area contributed by atoms with Gasteiger partial charge in [-0.2, -0.15) is 0 Å². The molecule has 0 radical (unpaired) electrons. The zero-order valence-electron chi connectivity index (χ0n) is 10.5. The number of hydrogen-bond acceptors (Lipinski definition) is 5. The molecule has 0 bridgehead atoms. The normalized spacial score (nSPS) is 18.4. The molecule has 0 spiro atoms. The molecule has 1 amide bonds. The van der Waals surface area contributed by atoms with E-state index >= 15 is 0 Å². The van der Waals surface area contributed by atoms with Gasteiger partial charge in [0.1, 0.15) is 10.1 Å². The van der Waals surface area contributed by atoms with Crippen LogP contribution in [0.2, 0.25) is 0 Å². The topological polar surface area (TPSA) is 77.8 Å². The highest BCUT2D eigenvalue weighted by molar-refractivity contribution is 8.26. The highest BCUT2D eigenvalue weighted by Crippen LogP contribution is 2.33. The molecule has 0 aromatic heterocycles. The summed E-state index contributed by atoms with van der Waals surface area (Å²) in [6.07, 6.45) is 1.50. The molecular weight excluding hydrogens is 317 g/mol. The first-order valence-corrected chi connectivity index (χ1v) is 7.03. The number of thioether (sulfide) groups is 1. The van der Waals surface area contributed by atoms with Crippen LogP contribution in [0, 0.1) is 5.82 Å². The molecule has 1 aromatic carbocycles. The number of carboxylic acid groups (broad SMARTS) is 1. The maximum Gasteiger partial charge on any atom is 0.329 e. The van der Waals surface area contributed by atoms with Gasteiger partial charge in [-0.3, -0.25) is 9.69 Å². The number of benzene rings is 1. The van der Waals surface area contributed by atoms with Crippen LogP contribution in [-0.2, 0) is 9.59 Å². The van der Waals surface area contributed by atoms with Gasteiger partial charge in [0.15, 0.2) is 6.04 Å². The fraction of sp³-hybridized carbons (Fsp3) is 0.154. The summed E-state index contributed by atoms with van der Waals surface area (Å²) in [6, 6.07) is 4.07. The molecular formula is C13H10FNO4S2. The first-order chi connectivity index (χ1) is 9.93. The number of aliphatic carboxylic acids is 1. The van der Waals surface area contributed by atoms with Crippen molar-refractivity contribution in [2.75, 3.05) is 6.61 Å². The predicted molar refractivity (Wildman–Crippen MR) is 79.9 cm³/mol. The second-order valence-corrected chi connectivity index (χ2v) is 5.82. The minimum atomic E-state index is -1.41. The van der Waals surface area contributed by atoms with Crippen molar-refractivity contribution in [1.29, 1.82) is 0 Å². The Morgan fingerprint density at radius 3 is 2.57 bits per heavy atom. The van der Waals surface area contributed by atoms with Crippen molar-refractivity contribution >= 4 is 46.3 Å². The maximum atomic E-state index is 12.8. The van der Waals surface area contributed by atoms with Gasteiger partial charge in [0.2, 0.25) is 0 Å². The Kier molecular flexibility index (Phi) is 4.71. The van der Waals surface area contributed by atoms with Gasteiger partial charge in [0, 0.05) is 0 Å². The molecule has 0 unspecified atom stereocenters. The molecule has 110 valence electrons. The van der Waals surface area contributed by atoms with E-state index < -0.39 is 30.3 Å². The number of carbonyl (C=O) groups is 2. The fourth-order valence-corrected chi connectivity index (χ4v) is 3.09. The van der Waals surface area contributed by atoms with Crippen molar-refractivity contribution in [3.63, 3.8) is 0 Å². The number of carboxylic acids is 1. The van der Waals surface area contributed by atoms with Crippen molar-refractivity contribution < 1.29 is 24.2 Å². The van der Waals surface area contributed by atoms with Gasteiger partial charge >= 0.3 is 5.97 Å². The van der Waals surface area contributed by atoms with Gasteiger partial charge in [0.05, 0.1) is 11.5 Å². The average molecular weight is 327 g/mol. The van der Waals surface area contributed by atoms with Crippen LogP contribution in [0.1, 0.15) is 5.56 Å². The van der Waals surface area contributed by atoms with Gasteiger partial charge in [-0.15, -0.1) is 0 Å². The van der Waals surface area contributed by atoms with Crippen LogP contribution >= 0.6 is 24.0 Å². The van der Waals surface area contributed by atoms with E-state index in [9.17, 15) is 14.0 Å². The number of rotatable bonds is 4. The third kappa shape index (κ3) is 3.29. The Bertz CT molecular complexity index is 630. The Balaban J connectivity index is 2.29. The molecule has 0 saturated carbocycles. The lowest BCUT2D eigenvalue weighted by Crippen LogP contribution is -2.46. The summed E-state index contributed by atoms with van der Waals surface area (Å²) in [6.45, 7) is -0.731. The molecule has 1 atom stereocenters. The molecule has 1 aliphatic heterocycles. The molecule has 8 heteroatoms. The molecule has 1 fully saturated rings. The summed E-state index contributed by atoms with van der Waals surface area (Å²) in [5.74, 6) is -2.32. The summed E-state index contributed by atoms with van der Waals surface area (Å²) in [5, 5.41) is 18.1. The summed E-state index contributed by atoms with van der Waals surface area (Å²) in [7, 11) is 0. The average Bonchev–Trinajstić information content (AvgIpc) is 2.70. The van der Waals surface area contributed by atoms with E-state index in [0.29, 0.717) is 5.56 Å². The van der Waals surface area contributed by atoms with Crippen LogP contribution in [0.15, 0.2) is 29.2 Å². The number of nitrogens with zero attached hydrogens (tertiary/aromatic N) is 1. The van der Waals surface area contributed by atoms with E-state index in [4.69, 9.17) is 22.4 Å². The first-order valence-electron chi connectivity index (χ1n) is 5.80. The van der Waals surface area contributed by atoms with Crippen molar-refractivity contribution in [2.45, 2.75) is 6.04 Å². The third-order valence-corrected chi connectivity index (χ3v) is 4.09. The number of aliphatic hydroxyl groups excluding tert-OH is 1. The Hall–Kier alpha value is -1.77. The molecule has 1 saturated heterocycles. The molecule has 21 heavy (non-hydrogen) atoms. The van der Waals surface area contributed by atoms with E-state index in [2.05, 4.69) is 0 Å². The van der Waals surface area contributed by atoms with Crippen LogP contribution in [-0.4, -0.2) is 44.0 Å². The van der Waals surface area contributed by atoms with Crippen molar-refractivity contribution in [1.82, 2.24) is 4.90 Å². The molecule has 1 aromatic rings. The zero-order valence-corrected chi connectivity index (χ0v) is 12.2. The third-order valence-electron chi connectivity index (χ3n) is 2.76. The van der Waals surface area contributed by atoms with Crippen molar-refractivity contribution in [3.8, 4) is 0 Å². The number of hydrogen-bond donors (Lipinski definition) is 2. The molecule has 1 heterocycles. The predicted octanol–water partition coefficient (Wildman–Crippen LogP) is 1.47. The van der Waals surface area contributed by atoms with Gasteiger partial charge in [-0.25, -0.2) is 9.18 Å². The highest BCUT2D eigenvalue weighted by Gasteiger charge is 2.40. The number of carbonyl (C=O) groups excluding carboxylic acids is 1. The summed E-state index contributed by atoms with van der Waals surface area (Å²) >= 11 is 5.93. The SMILES string of the molecule is O=C(O)[C@H](CO)N1C(=O)/C(=C/c2ccc(F)cc2)SC1=S. The molecule has 1 aliphatic rings. The second kappa shape index (κ2) is 6.33. The van der Waals surface area contributed by atoms with Crippen molar-refractivity contribution in [3.05, 3.63) is 40.6 Å². The molecule has 0 aliphatic carbocycles. The number of amides is 1. The first kappa shape index (κ1) is 15.6. The standard InChI is InChI=1S/C13H10FNO4S2/c14-8-3-1-7(2-4-8)5-10-11(17)15(13(20)21-10)9(6-16)12(18)19/h1-5,9,16H,6H2,(H,18,19)/b10-5-/t9-/m0/s1. The van der Waals surface area contributed by atoms with Crippen LogP contribution < -0.4 is 0 Å². The summed E-state index contributed by atoms with van der Waals surface area (Å²) < 4.78 is 12.9. The van der Waals surface area contributed by atoms with E-state index in [1.807, 2.05) is 0 Å². The van der Waals surface area contributed by atoms with Crippen LogP contribution in [0.4, 0.5) is 4.39 Å². The van der Waals surface area contributed by atoms with Crippen LogP contribution in [0.25, 0.3) is 6.08 Å². The Morgan fingerprint density at radius 1 is 1.43 bits per heavy atom. The lowest BCUT2D eigenvalue weighted by molar-refractivity contribution is -0.146. The van der Waals surface area contributed by atoms with Crippen LogP contribution in [0.3, 0.4) is 0 Å². The van der Waals surface area contributed by atoms with E-state index in [0.717, 1.165) is 16.7 Å².